The van der Waals surface area contributed by atoms with Gasteiger partial charge in [0.25, 0.3) is 0 Å². The van der Waals surface area contributed by atoms with Crippen LogP contribution in [0.3, 0.4) is 0 Å². The minimum atomic E-state index is -0.886. The van der Waals surface area contributed by atoms with Crippen LogP contribution in [0.5, 0.6) is 0 Å². The maximum absolute atomic E-state index is 11.8. The van der Waals surface area contributed by atoms with Gasteiger partial charge in [-0.1, -0.05) is 24.3 Å². The molecule has 0 heterocycles. The quantitative estimate of drug-likeness (QED) is 0.742. The van der Waals surface area contributed by atoms with Crippen molar-refractivity contribution in [2.24, 2.45) is 0 Å². The SMILES string of the molecule is O=C1C(O)=C(O)C(=O)c2cc3ccccc3cc21. The predicted octanol–water partition coefficient (Wildman–Crippen LogP) is 2.55. The molecule has 0 aromatic heterocycles. The first-order valence-corrected chi connectivity index (χ1v) is 5.34. The molecule has 0 radical (unpaired) electrons. The standard InChI is InChI=1S/C14H8O4/c15-11-9-5-7-3-1-2-4-8(7)6-10(9)12(16)14(18)13(11)17/h1-6,17-18H. The molecule has 2 aromatic carbocycles. The zero-order valence-electron chi connectivity index (χ0n) is 9.18. The Labute approximate surface area is 102 Å². The van der Waals surface area contributed by atoms with E-state index in [-0.39, 0.29) is 11.1 Å². The molecule has 0 bridgehead atoms. The van der Waals surface area contributed by atoms with Crippen LogP contribution in [0.2, 0.25) is 0 Å². The van der Waals surface area contributed by atoms with Crippen LogP contribution in [0.1, 0.15) is 20.7 Å². The number of carbonyl (C=O) groups is 2. The molecule has 4 heteroatoms. The van der Waals surface area contributed by atoms with E-state index in [0.717, 1.165) is 10.8 Å². The van der Waals surface area contributed by atoms with Crippen LogP contribution in [0.25, 0.3) is 10.8 Å². The summed E-state index contributed by atoms with van der Waals surface area (Å²) in [5.41, 5.74) is 0.239. The number of rotatable bonds is 0. The number of carbonyl (C=O) groups excluding carboxylic acids is 2. The summed E-state index contributed by atoms with van der Waals surface area (Å²) in [4.78, 5) is 23.6. The first kappa shape index (κ1) is 10.5. The monoisotopic (exact) mass is 240 g/mol. The van der Waals surface area contributed by atoms with Crippen LogP contribution >= 0.6 is 0 Å². The molecule has 1 aliphatic rings. The van der Waals surface area contributed by atoms with E-state index in [1.54, 1.807) is 12.1 Å². The van der Waals surface area contributed by atoms with Crippen molar-refractivity contribution >= 4 is 22.3 Å². The molecule has 0 atom stereocenters. The Morgan fingerprint density at radius 3 is 1.50 bits per heavy atom. The average molecular weight is 240 g/mol. The van der Waals surface area contributed by atoms with Gasteiger partial charge >= 0.3 is 0 Å². The van der Waals surface area contributed by atoms with E-state index >= 15 is 0 Å². The Bertz CT molecular complexity index is 678. The van der Waals surface area contributed by atoms with E-state index in [1.807, 2.05) is 24.3 Å². The van der Waals surface area contributed by atoms with Crippen LogP contribution in [0.4, 0.5) is 0 Å². The first-order chi connectivity index (χ1) is 8.59. The van der Waals surface area contributed by atoms with Crippen LogP contribution in [-0.4, -0.2) is 21.8 Å². The molecule has 1 aliphatic carbocycles. The highest BCUT2D eigenvalue weighted by Gasteiger charge is 2.32. The topological polar surface area (TPSA) is 74.6 Å². The Morgan fingerprint density at radius 2 is 1.11 bits per heavy atom. The fourth-order valence-electron chi connectivity index (χ4n) is 2.09. The second-order valence-corrected chi connectivity index (χ2v) is 4.10. The lowest BCUT2D eigenvalue weighted by molar-refractivity contribution is 0.0881. The molecule has 4 nitrogen and oxygen atoms in total. The molecule has 0 fully saturated rings. The Kier molecular flexibility index (Phi) is 2.01. The number of allylic oxidation sites excluding steroid dienone is 2. The predicted molar refractivity (Wildman–Crippen MR) is 64.9 cm³/mol. The molecule has 0 saturated carbocycles. The third-order valence-electron chi connectivity index (χ3n) is 3.03. The van der Waals surface area contributed by atoms with E-state index in [9.17, 15) is 19.8 Å². The number of Topliss-reactive ketones (excluding diaryl/α,β-unsaturated/α-hetero) is 2. The summed E-state index contributed by atoms with van der Waals surface area (Å²) in [5, 5.41) is 20.4. The van der Waals surface area contributed by atoms with Crippen LogP contribution in [0.15, 0.2) is 47.9 Å². The van der Waals surface area contributed by atoms with Crippen LogP contribution in [-0.2, 0) is 0 Å². The number of hydrogen-bond acceptors (Lipinski definition) is 4. The lowest BCUT2D eigenvalue weighted by atomic mass is 9.90. The molecule has 0 amide bonds. The third-order valence-corrected chi connectivity index (χ3v) is 3.03. The number of aliphatic hydroxyl groups excluding tert-OH is 2. The second-order valence-electron chi connectivity index (χ2n) is 4.10. The van der Waals surface area contributed by atoms with E-state index < -0.39 is 23.1 Å². The number of ketones is 2. The van der Waals surface area contributed by atoms with Gasteiger partial charge in [-0.15, -0.1) is 0 Å². The summed E-state index contributed by atoms with van der Waals surface area (Å²) < 4.78 is 0. The number of aliphatic hydroxyl groups is 2. The highest BCUT2D eigenvalue weighted by molar-refractivity contribution is 6.26. The first-order valence-electron chi connectivity index (χ1n) is 5.34. The summed E-state index contributed by atoms with van der Waals surface area (Å²) in [6, 6.07) is 10.3. The summed E-state index contributed by atoms with van der Waals surface area (Å²) in [6.07, 6.45) is 0. The fourth-order valence-corrected chi connectivity index (χ4v) is 2.09. The van der Waals surface area contributed by atoms with Crippen molar-refractivity contribution in [3.8, 4) is 0 Å². The van der Waals surface area contributed by atoms with E-state index in [4.69, 9.17) is 0 Å². The largest absolute Gasteiger partial charge is 0.501 e. The van der Waals surface area contributed by atoms with Gasteiger partial charge in [0.2, 0.25) is 23.1 Å². The minimum absolute atomic E-state index is 0.119. The average Bonchev–Trinajstić information content (AvgIpc) is 2.41. The maximum atomic E-state index is 11.8. The van der Waals surface area contributed by atoms with Gasteiger partial charge in [-0.25, -0.2) is 0 Å². The van der Waals surface area contributed by atoms with Crippen molar-refractivity contribution in [1.82, 2.24) is 0 Å². The number of benzene rings is 2. The molecule has 0 aliphatic heterocycles. The Balaban J connectivity index is 2.38. The van der Waals surface area contributed by atoms with Crippen molar-refractivity contribution in [2.75, 3.05) is 0 Å². The maximum Gasteiger partial charge on any atom is 0.232 e. The van der Waals surface area contributed by atoms with Crippen molar-refractivity contribution in [3.63, 3.8) is 0 Å². The lowest BCUT2D eigenvalue weighted by Gasteiger charge is -2.14. The molecular weight excluding hydrogens is 232 g/mol. The van der Waals surface area contributed by atoms with Gasteiger partial charge in [-0.3, -0.25) is 9.59 Å². The van der Waals surface area contributed by atoms with Crippen molar-refractivity contribution in [3.05, 3.63) is 59.0 Å². The fraction of sp³-hybridized carbons (Fsp3) is 0. The number of fused-ring (bicyclic) bond motifs is 2. The van der Waals surface area contributed by atoms with Gasteiger partial charge in [-0.2, -0.15) is 0 Å². The second kappa shape index (κ2) is 3.43. The molecule has 18 heavy (non-hydrogen) atoms. The van der Waals surface area contributed by atoms with E-state index in [1.165, 1.54) is 0 Å². The van der Waals surface area contributed by atoms with E-state index in [2.05, 4.69) is 0 Å². The summed E-state index contributed by atoms with van der Waals surface area (Å²) >= 11 is 0. The van der Waals surface area contributed by atoms with Crippen LogP contribution < -0.4 is 0 Å². The van der Waals surface area contributed by atoms with Gasteiger partial charge < -0.3 is 10.2 Å². The zero-order chi connectivity index (χ0) is 12.9. The normalized spacial score (nSPS) is 15.1. The molecule has 0 unspecified atom stereocenters. The highest BCUT2D eigenvalue weighted by Crippen LogP contribution is 2.28. The van der Waals surface area contributed by atoms with Crippen molar-refractivity contribution < 1.29 is 19.8 Å². The summed E-state index contributed by atoms with van der Waals surface area (Å²) in [6.45, 7) is 0. The van der Waals surface area contributed by atoms with Gasteiger partial charge in [0, 0.05) is 11.1 Å². The van der Waals surface area contributed by atoms with Gasteiger partial charge in [0.1, 0.15) is 0 Å². The van der Waals surface area contributed by atoms with E-state index in [0.29, 0.717) is 0 Å². The van der Waals surface area contributed by atoms with Crippen LogP contribution in [0, 0.1) is 0 Å². The molecule has 0 saturated heterocycles. The number of hydrogen-bond donors (Lipinski definition) is 2. The molecule has 2 aromatic rings. The van der Waals surface area contributed by atoms with Gasteiger partial charge in [0.05, 0.1) is 0 Å². The summed E-state index contributed by atoms with van der Waals surface area (Å²) in [7, 11) is 0. The lowest BCUT2D eigenvalue weighted by Crippen LogP contribution is -2.21. The molecule has 0 spiro atoms. The van der Waals surface area contributed by atoms with Crippen molar-refractivity contribution in [2.45, 2.75) is 0 Å². The van der Waals surface area contributed by atoms with Crippen molar-refractivity contribution in [1.29, 1.82) is 0 Å². The summed E-state index contributed by atoms with van der Waals surface area (Å²) in [5.74, 6) is -3.23. The minimum Gasteiger partial charge on any atom is -0.501 e. The Morgan fingerprint density at radius 1 is 0.722 bits per heavy atom. The highest BCUT2D eigenvalue weighted by atomic mass is 16.3. The molecule has 2 N–H and O–H groups in total. The third kappa shape index (κ3) is 1.26. The van der Waals surface area contributed by atoms with Gasteiger partial charge in [0.15, 0.2) is 0 Å². The zero-order valence-corrected chi connectivity index (χ0v) is 9.18. The molecule has 3 rings (SSSR count). The van der Waals surface area contributed by atoms with Gasteiger partial charge in [-0.05, 0) is 22.9 Å². The Hall–Kier alpha value is -2.62. The smallest absolute Gasteiger partial charge is 0.232 e. The molecular formula is C14H8O4. The molecule has 88 valence electrons.